The van der Waals surface area contributed by atoms with Crippen LogP contribution in [0.25, 0.3) is 0 Å². The minimum Gasteiger partial charge on any atom is -0.481 e. The van der Waals surface area contributed by atoms with Gasteiger partial charge in [-0.05, 0) is 12.8 Å². The lowest BCUT2D eigenvalue weighted by Gasteiger charge is -2.36. The van der Waals surface area contributed by atoms with Crippen molar-refractivity contribution in [3.05, 3.63) is 0 Å². The summed E-state index contributed by atoms with van der Waals surface area (Å²) in [5.74, 6) is -1.39. The molecule has 0 unspecified atom stereocenters. The van der Waals surface area contributed by atoms with E-state index in [-0.39, 0.29) is 37.2 Å². The third-order valence-electron chi connectivity index (χ3n) is 3.66. The van der Waals surface area contributed by atoms with Gasteiger partial charge in [-0.25, -0.2) is 13.2 Å². The second-order valence-electron chi connectivity index (χ2n) is 5.04. The van der Waals surface area contributed by atoms with Gasteiger partial charge in [0.1, 0.15) is 0 Å². The molecule has 19 heavy (non-hydrogen) atoms. The molecule has 2 fully saturated rings. The normalized spacial score (nSPS) is 27.1. The molecule has 8 heteroatoms. The lowest BCUT2D eigenvalue weighted by atomic mass is 9.99. The number of amides is 2. The number of nitrogens with zero attached hydrogens (tertiary/aromatic N) is 2. The number of aliphatic carboxylic acids is 1. The molecular weight excluding hydrogens is 272 g/mol. The fourth-order valence-electron chi connectivity index (χ4n) is 2.46. The third kappa shape index (κ3) is 3.37. The first-order chi connectivity index (χ1) is 8.89. The molecule has 0 aromatic carbocycles. The first-order valence-corrected chi connectivity index (χ1v) is 8.18. The zero-order valence-electron chi connectivity index (χ0n) is 10.6. The molecule has 1 atom stereocenters. The van der Waals surface area contributed by atoms with Crippen LogP contribution in [0.2, 0.25) is 0 Å². The van der Waals surface area contributed by atoms with Crippen molar-refractivity contribution >= 4 is 21.8 Å². The number of sulfone groups is 1. The summed E-state index contributed by atoms with van der Waals surface area (Å²) in [6, 6.07) is -0.235. The molecule has 1 N–H and O–H groups in total. The standard InChI is InChI=1S/C11H18N2O5S/c14-10(15)9-2-1-3-13(8-9)11(16)12-4-6-19(17,18)7-5-12/h9H,1-8H2,(H,14,15)/t9-/m1/s1. The van der Waals surface area contributed by atoms with Crippen LogP contribution in [0.4, 0.5) is 4.79 Å². The predicted molar refractivity (Wildman–Crippen MR) is 67.6 cm³/mol. The molecule has 2 amide bonds. The maximum Gasteiger partial charge on any atom is 0.320 e. The summed E-state index contributed by atoms with van der Waals surface area (Å²) in [6.07, 6.45) is 1.27. The first-order valence-electron chi connectivity index (χ1n) is 6.36. The van der Waals surface area contributed by atoms with E-state index < -0.39 is 21.7 Å². The van der Waals surface area contributed by atoms with Gasteiger partial charge in [-0.15, -0.1) is 0 Å². The molecule has 0 spiro atoms. The Morgan fingerprint density at radius 2 is 1.68 bits per heavy atom. The van der Waals surface area contributed by atoms with E-state index in [9.17, 15) is 18.0 Å². The second kappa shape index (κ2) is 5.36. The number of piperidine rings is 1. The van der Waals surface area contributed by atoms with Gasteiger partial charge in [-0.2, -0.15) is 0 Å². The first kappa shape index (κ1) is 14.1. The van der Waals surface area contributed by atoms with Crippen molar-refractivity contribution in [3.63, 3.8) is 0 Å². The summed E-state index contributed by atoms with van der Waals surface area (Å²) in [4.78, 5) is 26.2. The summed E-state index contributed by atoms with van der Waals surface area (Å²) < 4.78 is 22.6. The van der Waals surface area contributed by atoms with Gasteiger partial charge in [-0.3, -0.25) is 4.79 Å². The van der Waals surface area contributed by atoms with Crippen LogP contribution in [0.3, 0.4) is 0 Å². The SMILES string of the molecule is O=C(O)[C@@H]1CCCN(C(=O)N2CCS(=O)(=O)CC2)C1. The van der Waals surface area contributed by atoms with E-state index in [0.717, 1.165) is 0 Å². The fraction of sp³-hybridized carbons (Fsp3) is 0.818. The summed E-state index contributed by atoms with van der Waals surface area (Å²) in [7, 11) is -3.01. The van der Waals surface area contributed by atoms with E-state index in [1.165, 1.54) is 9.80 Å². The minimum absolute atomic E-state index is 0.00502. The number of carboxylic acid groups (broad SMARTS) is 1. The van der Waals surface area contributed by atoms with E-state index in [2.05, 4.69) is 0 Å². The fourth-order valence-corrected chi connectivity index (χ4v) is 3.66. The van der Waals surface area contributed by atoms with Gasteiger partial charge in [0.2, 0.25) is 0 Å². The molecule has 2 aliphatic heterocycles. The van der Waals surface area contributed by atoms with E-state index >= 15 is 0 Å². The van der Waals surface area contributed by atoms with E-state index in [1.807, 2.05) is 0 Å². The largest absolute Gasteiger partial charge is 0.481 e. The topological polar surface area (TPSA) is 95.0 Å². The maximum absolute atomic E-state index is 12.2. The molecule has 2 aliphatic rings. The summed E-state index contributed by atoms with van der Waals surface area (Å²) in [6.45, 7) is 1.17. The molecular formula is C11H18N2O5S. The molecule has 7 nitrogen and oxygen atoms in total. The highest BCUT2D eigenvalue weighted by Gasteiger charge is 2.32. The second-order valence-corrected chi connectivity index (χ2v) is 7.35. The number of rotatable bonds is 1. The smallest absolute Gasteiger partial charge is 0.320 e. The molecule has 0 saturated carbocycles. The van der Waals surface area contributed by atoms with Gasteiger partial charge in [-0.1, -0.05) is 0 Å². The number of carboxylic acids is 1. The third-order valence-corrected chi connectivity index (χ3v) is 5.27. The van der Waals surface area contributed by atoms with Crippen LogP contribution in [0.1, 0.15) is 12.8 Å². The van der Waals surface area contributed by atoms with Crippen LogP contribution in [-0.4, -0.2) is 73.0 Å². The van der Waals surface area contributed by atoms with Gasteiger partial charge in [0.05, 0.1) is 17.4 Å². The number of urea groups is 1. The quantitative estimate of drug-likeness (QED) is 0.711. The van der Waals surface area contributed by atoms with Crippen molar-refractivity contribution in [1.29, 1.82) is 0 Å². The van der Waals surface area contributed by atoms with Gasteiger partial charge in [0.15, 0.2) is 9.84 Å². The minimum atomic E-state index is -3.01. The van der Waals surface area contributed by atoms with Crippen molar-refractivity contribution < 1.29 is 23.1 Å². The molecule has 108 valence electrons. The van der Waals surface area contributed by atoms with Crippen LogP contribution < -0.4 is 0 Å². The molecule has 2 heterocycles. The van der Waals surface area contributed by atoms with Crippen molar-refractivity contribution in [2.24, 2.45) is 5.92 Å². The van der Waals surface area contributed by atoms with E-state index in [1.54, 1.807) is 0 Å². The van der Waals surface area contributed by atoms with Gasteiger partial charge in [0, 0.05) is 26.2 Å². The van der Waals surface area contributed by atoms with Gasteiger partial charge in [0.25, 0.3) is 0 Å². The summed E-state index contributed by atoms with van der Waals surface area (Å²) >= 11 is 0. The van der Waals surface area contributed by atoms with Crippen molar-refractivity contribution in [2.75, 3.05) is 37.7 Å². The Morgan fingerprint density at radius 1 is 1.05 bits per heavy atom. The van der Waals surface area contributed by atoms with Gasteiger partial charge < -0.3 is 14.9 Å². The molecule has 0 bridgehead atoms. The van der Waals surface area contributed by atoms with Crippen LogP contribution >= 0.6 is 0 Å². The zero-order chi connectivity index (χ0) is 14.0. The number of hydrogen-bond donors (Lipinski definition) is 1. The molecule has 0 aliphatic carbocycles. The zero-order valence-corrected chi connectivity index (χ0v) is 11.4. The Bertz CT molecular complexity index is 461. The van der Waals surface area contributed by atoms with E-state index in [4.69, 9.17) is 5.11 Å². The number of hydrogen-bond acceptors (Lipinski definition) is 4. The van der Waals surface area contributed by atoms with Crippen LogP contribution in [0.5, 0.6) is 0 Å². The average Bonchev–Trinajstić information content (AvgIpc) is 2.38. The monoisotopic (exact) mass is 290 g/mol. The van der Waals surface area contributed by atoms with Crippen molar-refractivity contribution in [1.82, 2.24) is 9.80 Å². The van der Waals surface area contributed by atoms with Crippen LogP contribution in [-0.2, 0) is 14.6 Å². The highest BCUT2D eigenvalue weighted by atomic mass is 32.2. The highest BCUT2D eigenvalue weighted by Crippen LogP contribution is 2.18. The van der Waals surface area contributed by atoms with Crippen LogP contribution in [0.15, 0.2) is 0 Å². The molecule has 0 aromatic heterocycles. The van der Waals surface area contributed by atoms with Crippen LogP contribution in [0, 0.1) is 5.92 Å². The lowest BCUT2D eigenvalue weighted by Crippen LogP contribution is -2.52. The van der Waals surface area contributed by atoms with Crippen molar-refractivity contribution in [3.8, 4) is 0 Å². The summed E-state index contributed by atoms with van der Waals surface area (Å²) in [5.41, 5.74) is 0. The summed E-state index contributed by atoms with van der Waals surface area (Å²) in [5, 5.41) is 8.99. The van der Waals surface area contributed by atoms with Gasteiger partial charge >= 0.3 is 12.0 Å². The Labute approximate surface area is 112 Å². The number of carbonyl (C=O) groups excluding carboxylic acids is 1. The Hall–Kier alpha value is -1.31. The van der Waals surface area contributed by atoms with E-state index in [0.29, 0.717) is 19.4 Å². The lowest BCUT2D eigenvalue weighted by molar-refractivity contribution is -0.143. The molecule has 2 rings (SSSR count). The molecule has 0 aromatic rings. The maximum atomic E-state index is 12.2. The Kier molecular flexibility index (Phi) is 3.98. The number of likely N-dealkylation sites (tertiary alicyclic amines) is 1. The Balaban J connectivity index is 1.94. The average molecular weight is 290 g/mol. The van der Waals surface area contributed by atoms with Crippen molar-refractivity contribution in [2.45, 2.75) is 12.8 Å². The highest BCUT2D eigenvalue weighted by molar-refractivity contribution is 7.91. The Morgan fingerprint density at radius 3 is 2.26 bits per heavy atom. The molecule has 0 radical (unpaired) electrons. The number of carbonyl (C=O) groups is 2. The predicted octanol–water partition coefficient (Wildman–Crippen LogP) is -0.367. The molecule has 2 saturated heterocycles.